The summed E-state index contributed by atoms with van der Waals surface area (Å²) in [6.07, 6.45) is 4.05. The summed E-state index contributed by atoms with van der Waals surface area (Å²) in [5.74, 6) is 1.88. The molecule has 1 saturated carbocycles. The topological polar surface area (TPSA) is 55.1 Å². The minimum Gasteiger partial charge on any atom is -0.353 e. The van der Waals surface area contributed by atoms with Crippen molar-refractivity contribution in [3.05, 3.63) is 0 Å². The zero-order valence-electron chi connectivity index (χ0n) is 11.7. The summed E-state index contributed by atoms with van der Waals surface area (Å²) < 4.78 is 0. The highest BCUT2D eigenvalue weighted by Gasteiger charge is 2.32. The van der Waals surface area contributed by atoms with Crippen LogP contribution in [0.1, 0.15) is 53.4 Å². The van der Waals surface area contributed by atoms with E-state index in [1.807, 2.05) is 0 Å². The van der Waals surface area contributed by atoms with Crippen molar-refractivity contribution in [3.63, 3.8) is 0 Å². The van der Waals surface area contributed by atoms with E-state index in [-0.39, 0.29) is 11.9 Å². The van der Waals surface area contributed by atoms with Gasteiger partial charge in [0.15, 0.2) is 0 Å². The summed E-state index contributed by atoms with van der Waals surface area (Å²) in [5, 5.41) is 3.16. The smallest absolute Gasteiger partial charge is 0.221 e. The Morgan fingerprint density at radius 1 is 1.41 bits per heavy atom. The van der Waals surface area contributed by atoms with E-state index in [9.17, 15) is 4.79 Å². The van der Waals surface area contributed by atoms with Gasteiger partial charge in [-0.25, -0.2) is 0 Å². The third-order valence-corrected chi connectivity index (χ3v) is 4.37. The highest BCUT2D eigenvalue weighted by atomic mass is 16.1. The number of hydrogen-bond acceptors (Lipinski definition) is 2. The molecule has 0 bridgehead atoms. The van der Waals surface area contributed by atoms with Crippen LogP contribution < -0.4 is 11.1 Å². The highest BCUT2D eigenvalue weighted by Crippen LogP contribution is 2.33. The Hall–Kier alpha value is -0.570. The molecule has 1 aliphatic carbocycles. The maximum Gasteiger partial charge on any atom is 0.221 e. The largest absolute Gasteiger partial charge is 0.353 e. The maximum absolute atomic E-state index is 11.9. The van der Waals surface area contributed by atoms with E-state index in [0.717, 1.165) is 12.3 Å². The van der Waals surface area contributed by atoms with Gasteiger partial charge in [-0.2, -0.15) is 0 Å². The number of rotatable bonds is 5. The summed E-state index contributed by atoms with van der Waals surface area (Å²) in [6, 6.07) is 0.348. The quantitative estimate of drug-likeness (QED) is 0.774. The van der Waals surface area contributed by atoms with Gasteiger partial charge >= 0.3 is 0 Å². The molecule has 17 heavy (non-hydrogen) atoms. The molecule has 100 valence electrons. The Kier molecular flexibility index (Phi) is 5.44. The van der Waals surface area contributed by atoms with E-state index in [4.69, 9.17) is 5.73 Å². The molecule has 3 N–H and O–H groups in total. The predicted octanol–water partition coefficient (Wildman–Crippen LogP) is 2.30. The lowest BCUT2D eigenvalue weighted by Crippen LogP contribution is -2.41. The van der Waals surface area contributed by atoms with Crippen LogP contribution in [0.2, 0.25) is 0 Å². The second-order valence-electron chi connectivity index (χ2n) is 5.89. The van der Waals surface area contributed by atoms with Crippen LogP contribution in [-0.4, -0.2) is 18.0 Å². The van der Waals surface area contributed by atoms with Crippen LogP contribution in [0.5, 0.6) is 0 Å². The molecular formula is C14H28N2O. The molecule has 3 heteroatoms. The first-order chi connectivity index (χ1) is 7.95. The molecule has 1 amide bonds. The molecule has 0 aromatic rings. The van der Waals surface area contributed by atoms with Crippen molar-refractivity contribution < 1.29 is 4.79 Å². The van der Waals surface area contributed by atoms with Crippen molar-refractivity contribution in [2.45, 2.75) is 65.5 Å². The number of hydrogen-bond donors (Lipinski definition) is 2. The average molecular weight is 240 g/mol. The fourth-order valence-corrected chi connectivity index (χ4v) is 2.74. The third kappa shape index (κ3) is 3.98. The molecule has 0 aromatic heterocycles. The Labute approximate surface area is 106 Å². The van der Waals surface area contributed by atoms with E-state index < -0.39 is 0 Å². The lowest BCUT2D eigenvalue weighted by atomic mass is 9.93. The highest BCUT2D eigenvalue weighted by molar-refractivity contribution is 5.77. The maximum atomic E-state index is 11.9. The first-order valence-electron chi connectivity index (χ1n) is 7.00. The van der Waals surface area contributed by atoms with Crippen molar-refractivity contribution in [3.8, 4) is 0 Å². The van der Waals surface area contributed by atoms with Crippen LogP contribution in [0.3, 0.4) is 0 Å². The molecule has 4 atom stereocenters. The molecule has 0 aliphatic heterocycles. The Balaban J connectivity index is 2.37. The van der Waals surface area contributed by atoms with Gasteiger partial charge < -0.3 is 11.1 Å². The first-order valence-corrected chi connectivity index (χ1v) is 7.00. The van der Waals surface area contributed by atoms with Crippen molar-refractivity contribution >= 4 is 5.91 Å². The van der Waals surface area contributed by atoms with E-state index in [0.29, 0.717) is 24.3 Å². The Bertz CT molecular complexity index is 253. The fraction of sp³-hybridized carbons (Fsp3) is 0.929. The summed E-state index contributed by atoms with van der Waals surface area (Å²) in [5.41, 5.74) is 5.92. The van der Waals surface area contributed by atoms with Crippen LogP contribution in [0.15, 0.2) is 0 Å². The molecule has 3 nitrogen and oxygen atoms in total. The van der Waals surface area contributed by atoms with Crippen molar-refractivity contribution in [2.24, 2.45) is 23.5 Å². The normalized spacial score (nSPS) is 30.6. The van der Waals surface area contributed by atoms with E-state index >= 15 is 0 Å². The van der Waals surface area contributed by atoms with Crippen LogP contribution in [0, 0.1) is 17.8 Å². The molecular weight excluding hydrogens is 212 g/mol. The second kappa shape index (κ2) is 6.39. The van der Waals surface area contributed by atoms with E-state index in [1.165, 1.54) is 12.8 Å². The van der Waals surface area contributed by atoms with Crippen LogP contribution >= 0.6 is 0 Å². The van der Waals surface area contributed by atoms with Gasteiger partial charge in [0.2, 0.25) is 5.91 Å². The van der Waals surface area contributed by atoms with Gasteiger partial charge in [0.1, 0.15) is 0 Å². The molecule has 0 spiro atoms. The molecule has 1 fully saturated rings. The van der Waals surface area contributed by atoms with E-state index in [2.05, 4.69) is 33.0 Å². The van der Waals surface area contributed by atoms with Gasteiger partial charge in [-0.1, -0.05) is 34.1 Å². The number of carbonyl (C=O) groups excluding carboxylic acids is 1. The SMILES string of the molecule is CCC1CCC(NC(=O)CC(N)C(C)C)C1C. The van der Waals surface area contributed by atoms with Gasteiger partial charge in [0.05, 0.1) is 0 Å². The molecule has 4 unspecified atom stereocenters. The number of nitrogens with two attached hydrogens (primary N) is 1. The molecule has 0 saturated heterocycles. The standard InChI is InChI=1S/C14H28N2O/c1-5-11-6-7-13(10(11)4)16-14(17)8-12(15)9(2)3/h9-13H,5-8,15H2,1-4H3,(H,16,17). The summed E-state index contributed by atoms with van der Waals surface area (Å²) in [4.78, 5) is 11.9. The number of amides is 1. The molecule has 1 rings (SSSR count). The predicted molar refractivity (Wildman–Crippen MR) is 71.5 cm³/mol. The van der Waals surface area contributed by atoms with Crippen LogP contribution in [-0.2, 0) is 4.79 Å². The minimum atomic E-state index is -0.0197. The van der Waals surface area contributed by atoms with Gasteiger partial charge in [-0.3, -0.25) is 4.79 Å². The van der Waals surface area contributed by atoms with Gasteiger partial charge in [-0.15, -0.1) is 0 Å². The van der Waals surface area contributed by atoms with Gasteiger partial charge in [0, 0.05) is 18.5 Å². The molecule has 1 aliphatic rings. The van der Waals surface area contributed by atoms with Crippen LogP contribution in [0.4, 0.5) is 0 Å². The van der Waals surface area contributed by atoms with Gasteiger partial charge in [-0.05, 0) is 30.6 Å². The van der Waals surface area contributed by atoms with E-state index in [1.54, 1.807) is 0 Å². The summed E-state index contributed by atoms with van der Waals surface area (Å²) in [6.45, 7) is 8.61. The van der Waals surface area contributed by atoms with Gasteiger partial charge in [0.25, 0.3) is 0 Å². The van der Waals surface area contributed by atoms with Crippen molar-refractivity contribution in [1.29, 1.82) is 0 Å². The Morgan fingerprint density at radius 3 is 2.53 bits per heavy atom. The lowest BCUT2D eigenvalue weighted by Gasteiger charge is -2.22. The van der Waals surface area contributed by atoms with Crippen molar-refractivity contribution in [2.75, 3.05) is 0 Å². The summed E-state index contributed by atoms with van der Waals surface area (Å²) >= 11 is 0. The Morgan fingerprint density at radius 2 is 2.06 bits per heavy atom. The lowest BCUT2D eigenvalue weighted by molar-refractivity contribution is -0.122. The van der Waals surface area contributed by atoms with Crippen LogP contribution in [0.25, 0.3) is 0 Å². The number of carbonyl (C=O) groups is 1. The molecule has 0 aromatic carbocycles. The molecule has 0 heterocycles. The monoisotopic (exact) mass is 240 g/mol. The molecule has 0 radical (unpaired) electrons. The number of nitrogens with one attached hydrogen (secondary N) is 1. The minimum absolute atomic E-state index is 0.0197. The summed E-state index contributed by atoms with van der Waals surface area (Å²) in [7, 11) is 0. The zero-order chi connectivity index (χ0) is 13.0. The zero-order valence-corrected chi connectivity index (χ0v) is 11.7. The fourth-order valence-electron chi connectivity index (χ4n) is 2.74. The second-order valence-corrected chi connectivity index (χ2v) is 5.89. The average Bonchev–Trinajstić information content (AvgIpc) is 2.59. The first kappa shape index (κ1) is 14.5. The van der Waals surface area contributed by atoms with Crippen molar-refractivity contribution in [1.82, 2.24) is 5.32 Å². The third-order valence-electron chi connectivity index (χ3n) is 4.37.